The van der Waals surface area contributed by atoms with Gasteiger partial charge in [-0.05, 0) is 56.5 Å². The number of thiazole rings is 1. The smallest absolute Gasteiger partial charge is 0.314 e. The van der Waals surface area contributed by atoms with Crippen molar-refractivity contribution in [2.45, 2.75) is 51.7 Å². The Morgan fingerprint density at radius 3 is 2.54 bits per heavy atom. The van der Waals surface area contributed by atoms with Crippen LogP contribution in [0.25, 0.3) is 32.8 Å². The number of hydrogen-bond donors (Lipinski definition) is 0. The number of piperidine rings is 1. The minimum atomic E-state index is -2.83. The van der Waals surface area contributed by atoms with Gasteiger partial charge in [-0.15, -0.1) is 10.2 Å². The highest BCUT2D eigenvalue weighted by Gasteiger charge is 2.23. The van der Waals surface area contributed by atoms with E-state index < -0.39 is 12.3 Å². The zero-order chi connectivity index (χ0) is 27.1. The fraction of sp³-hybridized carbons (Fsp3) is 0.370. The molecule has 1 saturated heterocycles. The van der Waals surface area contributed by atoms with Crippen molar-refractivity contribution >= 4 is 21.6 Å². The van der Waals surface area contributed by atoms with Crippen LogP contribution < -0.4 is 4.87 Å². The minimum absolute atomic E-state index is 0.0284. The van der Waals surface area contributed by atoms with E-state index in [4.69, 9.17) is 4.42 Å². The highest BCUT2D eigenvalue weighted by Crippen LogP contribution is 2.29. The lowest BCUT2D eigenvalue weighted by atomic mass is 10.0. The quantitative estimate of drug-likeness (QED) is 0.267. The van der Waals surface area contributed by atoms with Crippen molar-refractivity contribution in [1.29, 1.82) is 0 Å². The molecule has 1 aliphatic rings. The lowest BCUT2D eigenvalue weighted by Crippen LogP contribution is -2.39. The number of benzene rings is 1. The van der Waals surface area contributed by atoms with Gasteiger partial charge in [-0.25, -0.2) is 0 Å². The van der Waals surface area contributed by atoms with Gasteiger partial charge in [0.2, 0.25) is 5.89 Å². The van der Waals surface area contributed by atoms with E-state index in [1.165, 1.54) is 17.5 Å². The molecule has 39 heavy (non-hydrogen) atoms. The summed E-state index contributed by atoms with van der Waals surface area (Å²) in [6, 6.07) is 10.4. The number of nitrogens with zero attached hydrogens (tertiary/aromatic N) is 7. The van der Waals surface area contributed by atoms with E-state index in [1.54, 1.807) is 16.7 Å². The Balaban J connectivity index is 1.18. The van der Waals surface area contributed by atoms with Gasteiger partial charge >= 0.3 is 11.3 Å². The molecule has 4 aromatic heterocycles. The Hall–Kier alpha value is -3.77. The Labute approximate surface area is 226 Å². The molecule has 0 atom stereocenters. The topological polar surface area (TPSA) is 94.9 Å². The van der Waals surface area contributed by atoms with Gasteiger partial charge in [0.1, 0.15) is 0 Å². The van der Waals surface area contributed by atoms with Gasteiger partial charge in [-0.2, -0.15) is 13.9 Å². The van der Waals surface area contributed by atoms with Crippen molar-refractivity contribution < 1.29 is 13.2 Å². The molecule has 9 nitrogen and oxygen atoms in total. The van der Waals surface area contributed by atoms with Gasteiger partial charge in [0.25, 0.3) is 5.89 Å². The first-order valence-electron chi connectivity index (χ1n) is 12.8. The molecule has 0 unspecified atom stereocenters. The maximum absolute atomic E-state index is 12.9. The van der Waals surface area contributed by atoms with Gasteiger partial charge in [0.05, 0.1) is 40.3 Å². The zero-order valence-corrected chi connectivity index (χ0v) is 22.3. The summed E-state index contributed by atoms with van der Waals surface area (Å²) in [4.78, 5) is 19.7. The number of rotatable bonds is 7. The summed E-state index contributed by atoms with van der Waals surface area (Å²) in [5.41, 5.74) is 3.95. The van der Waals surface area contributed by atoms with Crippen molar-refractivity contribution in [2.24, 2.45) is 0 Å². The molecule has 12 heteroatoms. The molecule has 5 heterocycles. The second kappa shape index (κ2) is 10.4. The Morgan fingerprint density at radius 1 is 1.05 bits per heavy atom. The van der Waals surface area contributed by atoms with Crippen LogP contribution in [0, 0.1) is 0 Å². The van der Waals surface area contributed by atoms with Crippen molar-refractivity contribution in [3.63, 3.8) is 0 Å². The molecule has 1 fully saturated rings. The van der Waals surface area contributed by atoms with Crippen LogP contribution in [0.1, 0.15) is 50.7 Å². The van der Waals surface area contributed by atoms with Crippen LogP contribution in [0.5, 0.6) is 0 Å². The van der Waals surface area contributed by atoms with Gasteiger partial charge in [-0.1, -0.05) is 17.4 Å². The first kappa shape index (κ1) is 25.5. The van der Waals surface area contributed by atoms with Crippen molar-refractivity contribution in [1.82, 2.24) is 34.4 Å². The maximum atomic E-state index is 12.9. The van der Waals surface area contributed by atoms with E-state index in [0.717, 1.165) is 47.3 Å². The van der Waals surface area contributed by atoms with Gasteiger partial charge < -0.3 is 9.32 Å². The molecule has 202 valence electrons. The van der Waals surface area contributed by atoms with Gasteiger partial charge in [0.15, 0.2) is 0 Å². The van der Waals surface area contributed by atoms with Crippen LogP contribution in [-0.4, -0.2) is 53.6 Å². The maximum Gasteiger partial charge on any atom is 0.314 e. The fourth-order valence-corrected chi connectivity index (χ4v) is 5.93. The molecule has 0 aliphatic carbocycles. The predicted octanol–water partition coefficient (Wildman–Crippen LogP) is 5.40. The number of halogens is 2. The van der Waals surface area contributed by atoms with Crippen molar-refractivity contribution in [3.05, 3.63) is 70.2 Å². The first-order chi connectivity index (χ1) is 18.9. The van der Waals surface area contributed by atoms with Crippen LogP contribution in [-0.2, 0) is 6.54 Å². The molecule has 0 saturated carbocycles. The van der Waals surface area contributed by atoms with Gasteiger partial charge in [-0.3, -0.25) is 19.0 Å². The van der Waals surface area contributed by atoms with Crippen LogP contribution in [0.2, 0.25) is 0 Å². The number of fused-ring (bicyclic) bond motifs is 1. The average molecular weight is 552 g/mol. The Morgan fingerprint density at radius 2 is 1.85 bits per heavy atom. The Kier molecular flexibility index (Phi) is 6.81. The van der Waals surface area contributed by atoms with E-state index in [-0.39, 0.29) is 17.3 Å². The summed E-state index contributed by atoms with van der Waals surface area (Å²) < 4.78 is 35.1. The number of alkyl halides is 2. The zero-order valence-electron chi connectivity index (χ0n) is 21.5. The van der Waals surface area contributed by atoms with E-state index in [9.17, 15) is 13.6 Å². The monoisotopic (exact) mass is 551 g/mol. The molecule has 0 amide bonds. The number of aromatic nitrogens is 6. The standard InChI is InChI=1S/C27H27F2N7O2S/c1-16(2)34-9-7-21(8-10-34)36-14-19(13-31-36)17-4-6-22-23(11-17)39-27(37)35(22)15-20-5-3-18(12-30-20)25-32-33-26(38-25)24(28)29/h3-6,11-14,16,21,24H,7-10,15H2,1-2H3. The van der Waals surface area contributed by atoms with E-state index >= 15 is 0 Å². The van der Waals surface area contributed by atoms with Crippen molar-refractivity contribution in [2.75, 3.05) is 13.1 Å². The van der Waals surface area contributed by atoms with Crippen LogP contribution in [0.15, 0.2) is 58.1 Å². The molecular weight excluding hydrogens is 524 g/mol. The summed E-state index contributed by atoms with van der Waals surface area (Å²) in [7, 11) is 0. The van der Waals surface area contributed by atoms with Crippen LogP contribution in [0.3, 0.4) is 0 Å². The average Bonchev–Trinajstić information content (AvgIpc) is 3.69. The molecule has 1 aliphatic heterocycles. The second-order valence-corrected chi connectivity index (χ2v) is 11.0. The van der Waals surface area contributed by atoms with Crippen LogP contribution in [0.4, 0.5) is 8.78 Å². The third-order valence-corrected chi connectivity index (χ3v) is 8.17. The lowest BCUT2D eigenvalue weighted by molar-refractivity contribution is 0.116. The summed E-state index contributed by atoms with van der Waals surface area (Å²) in [5, 5.41) is 11.6. The van der Waals surface area contributed by atoms with Gasteiger partial charge in [0, 0.05) is 37.1 Å². The normalized spacial score (nSPS) is 15.2. The molecule has 0 N–H and O–H groups in total. The molecule has 0 bridgehead atoms. The predicted molar refractivity (Wildman–Crippen MR) is 144 cm³/mol. The minimum Gasteiger partial charge on any atom is -0.415 e. The van der Waals surface area contributed by atoms with Crippen LogP contribution >= 0.6 is 11.3 Å². The molecule has 5 aromatic rings. The fourth-order valence-electron chi connectivity index (χ4n) is 5.00. The lowest BCUT2D eigenvalue weighted by Gasteiger charge is -2.34. The molecule has 6 rings (SSSR count). The summed E-state index contributed by atoms with van der Waals surface area (Å²) in [6.45, 7) is 6.92. The molecule has 0 radical (unpaired) electrons. The third-order valence-electron chi connectivity index (χ3n) is 7.23. The Bertz CT molecular complexity index is 1650. The molecule has 1 aromatic carbocycles. The van der Waals surface area contributed by atoms with E-state index in [1.807, 2.05) is 24.4 Å². The van der Waals surface area contributed by atoms with E-state index in [0.29, 0.717) is 23.3 Å². The summed E-state index contributed by atoms with van der Waals surface area (Å²) in [5.74, 6) is -0.761. The number of pyridine rings is 1. The molecular formula is C27H27F2N7O2S. The number of hydrogen-bond acceptors (Lipinski definition) is 8. The second-order valence-electron chi connectivity index (χ2n) is 9.99. The highest BCUT2D eigenvalue weighted by molar-refractivity contribution is 7.16. The summed E-state index contributed by atoms with van der Waals surface area (Å²) in [6.07, 6.45) is 4.82. The largest absolute Gasteiger partial charge is 0.415 e. The molecule has 0 spiro atoms. The summed E-state index contributed by atoms with van der Waals surface area (Å²) >= 11 is 1.19. The first-order valence-corrected chi connectivity index (χ1v) is 13.7. The highest BCUT2D eigenvalue weighted by atomic mass is 32.1. The SMILES string of the molecule is CC(C)N1CCC(n2cc(-c3ccc4c(c3)sc(=O)n4Cc3ccc(-c4nnc(C(F)F)o4)cn3)cn2)CC1. The number of likely N-dealkylation sites (tertiary alicyclic amines) is 1. The third kappa shape index (κ3) is 5.13. The van der Waals surface area contributed by atoms with Crippen molar-refractivity contribution in [3.8, 4) is 22.6 Å². The van der Waals surface area contributed by atoms with E-state index in [2.05, 4.69) is 49.9 Å².